The van der Waals surface area contributed by atoms with E-state index in [0.717, 1.165) is 57.9 Å². The normalized spacial score (nSPS) is 11.0. The number of hydrogen-bond acceptors (Lipinski definition) is 3. The van der Waals surface area contributed by atoms with Crippen molar-refractivity contribution in [1.82, 2.24) is 0 Å². The van der Waals surface area contributed by atoms with Gasteiger partial charge in [0.2, 0.25) is 0 Å². The van der Waals surface area contributed by atoms with Gasteiger partial charge in [-0.2, -0.15) is 0 Å². The molecule has 3 aromatic rings. The zero-order valence-corrected chi connectivity index (χ0v) is 21.1. The third kappa shape index (κ3) is 6.66. The summed E-state index contributed by atoms with van der Waals surface area (Å²) in [5, 5.41) is 0. The fourth-order valence-corrected chi connectivity index (χ4v) is 3.65. The fraction of sp³-hybridized carbons (Fsp3) is 0.355. The summed E-state index contributed by atoms with van der Waals surface area (Å²) in [7, 11) is 1.67. The van der Waals surface area contributed by atoms with Crippen molar-refractivity contribution in [2.45, 2.75) is 40.5 Å². The minimum absolute atomic E-state index is 0.561. The Morgan fingerprint density at radius 2 is 1.41 bits per heavy atom. The van der Waals surface area contributed by atoms with E-state index >= 15 is 0 Å². The maximum Gasteiger partial charge on any atom is 0.161 e. The van der Waals surface area contributed by atoms with Crippen LogP contribution in [0.4, 0.5) is 0 Å². The first kappa shape index (κ1) is 25.4. The Kier molecular flexibility index (Phi) is 9.21. The van der Waals surface area contributed by atoms with Gasteiger partial charge >= 0.3 is 0 Å². The lowest BCUT2D eigenvalue weighted by Crippen LogP contribution is -2.06. The molecule has 2 radical (unpaired) electrons. The van der Waals surface area contributed by atoms with Gasteiger partial charge in [-0.3, -0.25) is 0 Å². The smallest absolute Gasteiger partial charge is 0.161 e. The van der Waals surface area contributed by atoms with Crippen LogP contribution in [0.2, 0.25) is 0 Å². The second-order valence-electron chi connectivity index (χ2n) is 9.32. The molecule has 3 rings (SSSR count). The van der Waals surface area contributed by atoms with Gasteiger partial charge in [-0.05, 0) is 88.9 Å². The second kappa shape index (κ2) is 12.3. The van der Waals surface area contributed by atoms with Gasteiger partial charge in [0, 0.05) is 0 Å². The Morgan fingerprint density at radius 3 is 1.94 bits per heavy atom. The Bertz CT molecular complexity index is 1060. The summed E-state index contributed by atoms with van der Waals surface area (Å²) in [6, 6.07) is 21.3. The van der Waals surface area contributed by atoms with Gasteiger partial charge in [0.05, 0.1) is 20.3 Å². The van der Waals surface area contributed by atoms with Crippen LogP contribution in [0.1, 0.15) is 46.1 Å². The highest BCUT2D eigenvalue weighted by atomic mass is 16.5. The summed E-state index contributed by atoms with van der Waals surface area (Å²) in [6.07, 6.45) is 3.58. The molecular formula is C31H36O3. The third-order valence-corrected chi connectivity index (χ3v) is 5.76. The van der Waals surface area contributed by atoms with E-state index in [2.05, 4.69) is 58.0 Å². The van der Waals surface area contributed by atoms with Gasteiger partial charge in [0.15, 0.2) is 11.5 Å². The Balaban J connectivity index is 2.15. The van der Waals surface area contributed by atoms with Crippen molar-refractivity contribution < 1.29 is 14.2 Å². The molecule has 34 heavy (non-hydrogen) atoms. The number of ether oxygens (including phenoxy) is 3. The Labute approximate surface area is 205 Å². The zero-order valence-electron chi connectivity index (χ0n) is 21.1. The molecule has 3 heteroatoms. The van der Waals surface area contributed by atoms with E-state index < -0.39 is 0 Å². The van der Waals surface area contributed by atoms with Gasteiger partial charge in [-0.15, -0.1) is 0 Å². The van der Waals surface area contributed by atoms with E-state index in [1.807, 2.05) is 30.3 Å². The minimum Gasteiger partial charge on any atom is -0.497 e. The molecule has 3 nitrogen and oxygen atoms in total. The Hall–Kier alpha value is -3.20. The Morgan fingerprint density at radius 1 is 0.824 bits per heavy atom. The number of methoxy groups -OCH3 is 1. The molecule has 0 N–H and O–H groups in total. The fourth-order valence-electron chi connectivity index (χ4n) is 3.65. The molecule has 0 spiro atoms. The largest absolute Gasteiger partial charge is 0.497 e. The monoisotopic (exact) mass is 456 g/mol. The van der Waals surface area contributed by atoms with Gasteiger partial charge in [-0.1, -0.05) is 64.6 Å². The molecule has 0 aliphatic heterocycles. The van der Waals surface area contributed by atoms with Gasteiger partial charge in [-0.25, -0.2) is 0 Å². The van der Waals surface area contributed by atoms with E-state index in [-0.39, 0.29) is 0 Å². The van der Waals surface area contributed by atoms with Crippen molar-refractivity contribution in [1.29, 1.82) is 0 Å². The van der Waals surface area contributed by atoms with E-state index in [4.69, 9.17) is 20.8 Å². The zero-order chi connectivity index (χ0) is 24.5. The summed E-state index contributed by atoms with van der Waals surface area (Å²) >= 11 is 0. The topological polar surface area (TPSA) is 27.7 Å². The van der Waals surface area contributed by atoms with E-state index in [1.165, 1.54) is 0 Å². The average molecular weight is 457 g/mol. The number of hydrogen-bond donors (Lipinski definition) is 0. The molecule has 3 aromatic carbocycles. The molecule has 0 bridgehead atoms. The molecule has 0 unspecified atom stereocenters. The van der Waals surface area contributed by atoms with Crippen LogP contribution in [0.25, 0.3) is 28.3 Å². The summed E-state index contributed by atoms with van der Waals surface area (Å²) in [6.45, 7) is 16.1. The van der Waals surface area contributed by atoms with Crippen LogP contribution in [0.3, 0.4) is 0 Å². The minimum atomic E-state index is 0.561. The van der Waals surface area contributed by atoms with E-state index in [9.17, 15) is 0 Å². The first-order valence-corrected chi connectivity index (χ1v) is 12.1. The van der Waals surface area contributed by atoms with Gasteiger partial charge < -0.3 is 14.2 Å². The highest BCUT2D eigenvalue weighted by Gasteiger charge is 2.17. The number of benzene rings is 3. The standard InChI is InChI=1S/C31H36O3/c1-7-24-10-8-9-11-27(24)29-21-31(34-19-17-23(4)5)30(33-18-16-22(2)3)20-28(29)25-12-14-26(32-6)15-13-25/h1,7-8,10-15,20-23H,16-19H2,2-6H3. The SMILES string of the molecule is [CH]=Cc1cc[c]cc1-c1cc(OCCC(C)C)c(OCCC(C)C)cc1-c1ccc(OC)cc1. The van der Waals surface area contributed by atoms with E-state index in [0.29, 0.717) is 25.0 Å². The lowest BCUT2D eigenvalue weighted by Gasteiger charge is -2.20. The summed E-state index contributed by atoms with van der Waals surface area (Å²) in [4.78, 5) is 0. The molecule has 0 atom stereocenters. The summed E-state index contributed by atoms with van der Waals surface area (Å²) in [5.74, 6) is 3.45. The predicted molar refractivity (Wildman–Crippen MR) is 141 cm³/mol. The number of rotatable bonds is 12. The second-order valence-corrected chi connectivity index (χ2v) is 9.32. The first-order valence-electron chi connectivity index (χ1n) is 12.1. The molecule has 0 saturated heterocycles. The summed E-state index contributed by atoms with van der Waals surface area (Å²) < 4.78 is 17.9. The van der Waals surface area contributed by atoms with Crippen LogP contribution in [0, 0.1) is 24.5 Å². The molecule has 0 aromatic heterocycles. The third-order valence-electron chi connectivity index (χ3n) is 5.76. The molecule has 0 saturated carbocycles. The quantitative estimate of drug-likeness (QED) is 0.275. The molecule has 0 fully saturated rings. The van der Waals surface area contributed by atoms with Crippen molar-refractivity contribution in [3.05, 3.63) is 72.8 Å². The van der Waals surface area contributed by atoms with Crippen LogP contribution in [0.15, 0.2) is 54.6 Å². The lowest BCUT2D eigenvalue weighted by atomic mass is 9.91. The molecular weight excluding hydrogens is 420 g/mol. The maximum atomic E-state index is 6.27. The average Bonchev–Trinajstić information content (AvgIpc) is 2.84. The van der Waals surface area contributed by atoms with Crippen molar-refractivity contribution in [2.24, 2.45) is 11.8 Å². The molecule has 0 amide bonds. The maximum absolute atomic E-state index is 6.27. The van der Waals surface area contributed by atoms with Crippen LogP contribution in [-0.2, 0) is 0 Å². The van der Waals surface area contributed by atoms with Crippen LogP contribution in [0.5, 0.6) is 17.2 Å². The van der Waals surface area contributed by atoms with Crippen molar-refractivity contribution >= 4 is 6.08 Å². The van der Waals surface area contributed by atoms with Crippen molar-refractivity contribution in [3.8, 4) is 39.5 Å². The van der Waals surface area contributed by atoms with Crippen LogP contribution in [-0.4, -0.2) is 20.3 Å². The predicted octanol–water partition coefficient (Wildman–Crippen LogP) is 8.13. The highest BCUT2D eigenvalue weighted by molar-refractivity contribution is 5.89. The lowest BCUT2D eigenvalue weighted by molar-refractivity contribution is 0.247. The summed E-state index contributed by atoms with van der Waals surface area (Å²) in [5.41, 5.74) is 5.06. The molecule has 0 aliphatic carbocycles. The van der Waals surface area contributed by atoms with Gasteiger partial charge in [0.25, 0.3) is 0 Å². The molecule has 0 heterocycles. The van der Waals surface area contributed by atoms with E-state index in [1.54, 1.807) is 13.2 Å². The highest BCUT2D eigenvalue weighted by Crippen LogP contribution is 2.42. The first-order chi connectivity index (χ1) is 16.4. The molecule has 178 valence electrons. The van der Waals surface area contributed by atoms with Crippen LogP contribution < -0.4 is 14.2 Å². The van der Waals surface area contributed by atoms with Gasteiger partial charge in [0.1, 0.15) is 5.75 Å². The van der Waals surface area contributed by atoms with Crippen molar-refractivity contribution in [2.75, 3.05) is 20.3 Å². The van der Waals surface area contributed by atoms with Crippen LogP contribution >= 0.6 is 0 Å². The molecule has 0 aliphatic rings. The van der Waals surface area contributed by atoms with Crippen molar-refractivity contribution in [3.63, 3.8) is 0 Å².